The number of aliphatic carboxylic acids is 1. The number of thioether (sulfide) groups is 1. The van der Waals surface area contributed by atoms with Crippen molar-refractivity contribution in [3.8, 4) is 0 Å². The van der Waals surface area contributed by atoms with Crippen LogP contribution >= 0.6 is 46.3 Å². The maximum Gasteiger partial charge on any atom is 0.306 e. The van der Waals surface area contributed by atoms with Gasteiger partial charge in [0.05, 0.1) is 25.9 Å². The van der Waals surface area contributed by atoms with Crippen molar-refractivity contribution >= 4 is 76.8 Å². The van der Waals surface area contributed by atoms with Crippen molar-refractivity contribution < 1.29 is 14.7 Å². The van der Waals surface area contributed by atoms with Crippen LogP contribution in [0.3, 0.4) is 0 Å². The van der Waals surface area contributed by atoms with E-state index in [1.54, 1.807) is 29.2 Å². The Hall–Kier alpha value is -2.15. The molecule has 3 aliphatic heterocycles. The summed E-state index contributed by atoms with van der Waals surface area (Å²) in [4.78, 5) is 35.4. The van der Waals surface area contributed by atoms with Gasteiger partial charge in [-0.25, -0.2) is 4.98 Å². The number of carbonyl (C=O) groups excluding carboxylic acids is 1. The van der Waals surface area contributed by atoms with E-state index in [1.165, 1.54) is 17.6 Å². The van der Waals surface area contributed by atoms with Crippen LogP contribution in [0.2, 0.25) is 10.0 Å². The van der Waals surface area contributed by atoms with Crippen LogP contribution in [0.5, 0.6) is 0 Å². The first-order valence-corrected chi connectivity index (χ1v) is 15.3. The molecule has 0 amide bonds. The summed E-state index contributed by atoms with van der Waals surface area (Å²) < 4.78 is 0. The number of likely N-dealkylation sites (tertiary alicyclic amines) is 1. The molecule has 3 aliphatic rings. The fourth-order valence-electron chi connectivity index (χ4n) is 5.01. The molecule has 9 nitrogen and oxygen atoms in total. The Labute approximate surface area is 246 Å². The van der Waals surface area contributed by atoms with Gasteiger partial charge in [0.15, 0.2) is 6.29 Å². The number of nitrogens with one attached hydrogen (secondary N) is 2. The lowest BCUT2D eigenvalue weighted by atomic mass is 9.97. The summed E-state index contributed by atoms with van der Waals surface area (Å²) in [6, 6.07) is 4.72. The minimum Gasteiger partial charge on any atom is -0.481 e. The van der Waals surface area contributed by atoms with Crippen molar-refractivity contribution in [1.29, 1.82) is 0 Å². The molecule has 2 unspecified atom stereocenters. The fraction of sp³-hybridized carbons (Fsp3) is 0.462. The van der Waals surface area contributed by atoms with E-state index >= 15 is 0 Å². The van der Waals surface area contributed by atoms with Crippen molar-refractivity contribution in [2.24, 2.45) is 10.9 Å². The predicted octanol–water partition coefficient (Wildman–Crippen LogP) is 4.53. The third kappa shape index (κ3) is 7.33. The fourth-order valence-corrected chi connectivity index (χ4v) is 7.43. The number of carboxylic acid groups (broad SMARTS) is 1. The van der Waals surface area contributed by atoms with Gasteiger partial charge in [-0.15, -0.1) is 11.3 Å². The van der Waals surface area contributed by atoms with E-state index in [2.05, 4.69) is 32.2 Å². The molecule has 13 heteroatoms. The van der Waals surface area contributed by atoms with E-state index in [0.717, 1.165) is 34.6 Å². The zero-order valence-corrected chi connectivity index (χ0v) is 24.8. The van der Waals surface area contributed by atoms with E-state index in [-0.39, 0.29) is 5.92 Å². The Bertz CT molecular complexity index is 1220. The number of carboxylic acids is 1. The third-order valence-electron chi connectivity index (χ3n) is 6.95. The van der Waals surface area contributed by atoms with Crippen molar-refractivity contribution in [2.75, 3.05) is 44.0 Å². The highest BCUT2D eigenvalue weighted by Crippen LogP contribution is 2.39. The molecule has 39 heavy (non-hydrogen) atoms. The van der Waals surface area contributed by atoms with Gasteiger partial charge in [0.2, 0.25) is 0 Å². The number of aliphatic imine (C=N–C) groups is 1. The van der Waals surface area contributed by atoms with Crippen LogP contribution in [0, 0.1) is 5.92 Å². The number of aldehydes is 1. The number of rotatable bonds is 9. The zero-order chi connectivity index (χ0) is 27.9. The lowest BCUT2D eigenvalue weighted by Crippen LogP contribution is -2.42. The highest BCUT2D eigenvalue weighted by atomic mass is 35.5. The van der Waals surface area contributed by atoms with Gasteiger partial charge < -0.3 is 25.5 Å². The highest BCUT2D eigenvalue weighted by Gasteiger charge is 2.39. The Morgan fingerprint density at radius 1 is 1.38 bits per heavy atom. The summed E-state index contributed by atoms with van der Waals surface area (Å²) in [7, 11) is 1.96. The number of carbonyl (C=O) groups is 2. The lowest BCUT2D eigenvalue weighted by Gasteiger charge is -2.32. The molecular weight excluding hydrogens is 579 g/mol. The number of aromatic nitrogens is 1. The number of hydrogen-bond acceptors (Lipinski definition) is 10. The van der Waals surface area contributed by atoms with Gasteiger partial charge in [0.1, 0.15) is 11.5 Å². The van der Waals surface area contributed by atoms with Crippen LogP contribution in [0.25, 0.3) is 5.70 Å². The second-order valence-electron chi connectivity index (χ2n) is 9.52. The Balaban J connectivity index is 0.000000183. The lowest BCUT2D eigenvalue weighted by molar-refractivity contribution is -0.142. The molecule has 0 radical (unpaired) electrons. The van der Waals surface area contributed by atoms with E-state index < -0.39 is 5.97 Å². The number of hydrogen-bond donors (Lipinski definition) is 3. The number of thiophene rings is 1. The zero-order valence-electron chi connectivity index (χ0n) is 21.6. The van der Waals surface area contributed by atoms with E-state index in [4.69, 9.17) is 28.3 Å². The van der Waals surface area contributed by atoms with Crippen molar-refractivity contribution in [3.05, 3.63) is 49.2 Å². The maximum absolute atomic E-state index is 10.8. The van der Waals surface area contributed by atoms with Gasteiger partial charge in [-0.05, 0) is 45.2 Å². The number of fused-ring (bicyclic) bond motifs is 2. The third-order valence-corrected chi connectivity index (χ3v) is 9.65. The smallest absolute Gasteiger partial charge is 0.306 e. The monoisotopic (exact) mass is 610 g/mol. The summed E-state index contributed by atoms with van der Waals surface area (Å²) in [5.74, 6) is 0.444. The molecule has 2 bridgehead atoms. The van der Waals surface area contributed by atoms with Crippen LogP contribution in [0.4, 0.5) is 5.82 Å². The Morgan fingerprint density at radius 2 is 2.15 bits per heavy atom. The molecule has 0 spiro atoms. The number of halogens is 2. The average Bonchev–Trinajstić information content (AvgIpc) is 3.69. The topological polar surface area (TPSA) is 110 Å². The minimum absolute atomic E-state index is 0.283. The van der Waals surface area contributed by atoms with Crippen molar-refractivity contribution in [3.63, 3.8) is 0 Å². The van der Waals surface area contributed by atoms with Gasteiger partial charge in [0, 0.05) is 61.3 Å². The quantitative estimate of drug-likeness (QED) is 0.214. The molecule has 2 aromatic heterocycles. The number of nitrogens with zero attached hydrogens (tertiary/aromatic N) is 4. The van der Waals surface area contributed by atoms with Gasteiger partial charge in [-0.2, -0.15) is 0 Å². The molecule has 5 heterocycles. The number of pyridine rings is 1. The summed E-state index contributed by atoms with van der Waals surface area (Å²) in [6.07, 6.45) is 4.56. The van der Waals surface area contributed by atoms with Crippen LogP contribution in [0.1, 0.15) is 34.5 Å². The van der Waals surface area contributed by atoms with Crippen LogP contribution < -0.4 is 15.5 Å². The van der Waals surface area contributed by atoms with E-state index in [9.17, 15) is 9.59 Å². The SMILES string of the molecule is C=N/C(=C(\SCNC)N1CC2CC1CN2)c1cc(Cl)cs1.O=Cc1cnc(N2CCC(C(=O)O)CC2)c(Cl)c1. The molecule has 5 rings (SSSR count). The van der Waals surface area contributed by atoms with Crippen LogP contribution in [0.15, 0.2) is 33.7 Å². The van der Waals surface area contributed by atoms with Gasteiger partial charge >= 0.3 is 5.97 Å². The molecule has 210 valence electrons. The van der Waals surface area contributed by atoms with Crippen LogP contribution in [-0.2, 0) is 4.79 Å². The summed E-state index contributed by atoms with van der Waals surface area (Å²) >= 11 is 15.6. The predicted molar refractivity (Wildman–Crippen MR) is 161 cm³/mol. The summed E-state index contributed by atoms with van der Waals surface area (Å²) in [6.45, 7) is 7.13. The normalized spacial score (nSPS) is 21.3. The maximum atomic E-state index is 10.8. The number of piperazine rings is 1. The molecule has 3 fully saturated rings. The van der Waals surface area contributed by atoms with Crippen molar-refractivity contribution in [1.82, 2.24) is 20.5 Å². The Morgan fingerprint density at radius 3 is 2.67 bits per heavy atom. The van der Waals surface area contributed by atoms with E-state index in [0.29, 0.717) is 60.7 Å². The first-order valence-electron chi connectivity index (χ1n) is 12.7. The molecule has 0 aliphatic carbocycles. The summed E-state index contributed by atoms with van der Waals surface area (Å²) in [5.41, 5.74) is 1.39. The highest BCUT2D eigenvalue weighted by molar-refractivity contribution is 8.03. The molecular formula is C26H32Cl2N6O3S2. The second kappa shape index (κ2) is 14.0. The first-order chi connectivity index (χ1) is 18.8. The van der Waals surface area contributed by atoms with Crippen molar-refractivity contribution in [2.45, 2.75) is 31.3 Å². The number of piperidine rings is 1. The average molecular weight is 612 g/mol. The van der Waals surface area contributed by atoms with E-state index in [1.807, 2.05) is 23.4 Å². The summed E-state index contributed by atoms with van der Waals surface area (Å²) in [5, 5.41) is 20.0. The van der Waals surface area contributed by atoms with Gasteiger partial charge in [-0.3, -0.25) is 14.6 Å². The molecule has 2 atom stereocenters. The second-order valence-corrected chi connectivity index (χ2v) is 12.2. The molecule has 0 aromatic carbocycles. The van der Waals surface area contributed by atoms with Gasteiger partial charge in [0.25, 0.3) is 0 Å². The van der Waals surface area contributed by atoms with Gasteiger partial charge in [-0.1, -0.05) is 35.0 Å². The molecule has 2 aromatic rings. The first kappa shape index (κ1) is 29.8. The molecule has 0 saturated carbocycles. The van der Waals surface area contributed by atoms with Crippen LogP contribution in [-0.4, -0.2) is 85.2 Å². The standard InChI is InChI=1S/C14H19ClN4S2.C12H13ClN2O3/c1-16-8-21-14(19-6-10-4-11(19)5-18-10)13(17-2)12-3-9(15)7-20-12;13-10-5-8(7-16)6-14-11(10)15-3-1-9(2-4-15)12(17)18/h3,7,10-11,16,18H,2,4-6,8H2,1H3;5-7,9H,1-4H2,(H,17,18)/b14-13-;. The number of anilines is 1. The minimum atomic E-state index is -0.745. The molecule has 3 saturated heterocycles. The molecule has 3 N–H and O–H groups in total. The Kier molecular flexibility index (Phi) is 10.7. The largest absolute Gasteiger partial charge is 0.481 e.